The van der Waals surface area contributed by atoms with Crippen molar-refractivity contribution in [1.29, 1.82) is 0 Å². The molecule has 0 spiro atoms. The van der Waals surface area contributed by atoms with E-state index in [0.717, 1.165) is 37.2 Å². The van der Waals surface area contributed by atoms with Gasteiger partial charge in [-0.25, -0.2) is 0 Å². The fraction of sp³-hybridized carbons (Fsp3) is 0.158. The summed E-state index contributed by atoms with van der Waals surface area (Å²) in [4.78, 5) is 26.3. The molecule has 148 valence electrons. The Hall–Kier alpha value is -2.20. The molecule has 0 radical (unpaired) electrons. The number of benzene rings is 2. The Kier molecular flexibility index (Phi) is 6.00. The zero-order valence-electron chi connectivity index (χ0n) is 15.2. The summed E-state index contributed by atoms with van der Waals surface area (Å²) in [5.41, 5.74) is 1.89. The van der Waals surface area contributed by atoms with E-state index in [-0.39, 0.29) is 17.3 Å². The van der Waals surface area contributed by atoms with Crippen LogP contribution in [-0.2, 0) is 17.1 Å². The van der Waals surface area contributed by atoms with Gasteiger partial charge in [0.05, 0.1) is 10.2 Å². The summed E-state index contributed by atoms with van der Waals surface area (Å²) in [6, 6.07) is 15.1. The molecule has 0 saturated heterocycles. The number of anilines is 1. The van der Waals surface area contributed by atoms with Crippen molar-refractivity contribution in [2.45, 2.75) is 16.6 Å². The standard InChI is InChI=1S/C19H15ClN4O2S3/c1-23(16(25)10-24-14-4-2-3-5-15(14)28-19(24)26)17-21-22-18(29-17)27-11-12-6-8-13(20)9-7-12/h2-9H,10-11H2,1H3. The number of likely N-dealkylation sites (N-methyl/N-ethyl adjacent to an activating group) is 1. The monoisotopic (exact) mass is 462 g/mol. The van der Waals surface area contributed by atoms with Crippen LogP contribution in [0.25, 0.3) is 10.2 Å². The van der Waals surface area contributed by atoms with E-state index < -0.39 is 0 Å². The summed E-state index contributed by atoms with van der Waals surface area (Å²) in [5, 5.41) is 9.49. The van der Waals surface area contributed by atoms with E-state index >= 15 is 0 Å². The van der Waals surface area contributed by atoms with Gasteiger partial charge in [-0.15, -0.1) is 10.2 Å². The van der Waals surface area contributed by atoms with Gasteiger partial charge in [0.1, 0.15) is 6.54 Å². The van der Waals surface area contributed by atoms with E-state index in [4.69, 9.17) is 11.6 Å². The number of para-hydroxylation sites is 1. The average Bonchev–Trinajstić information content (AvgIpc) is 3.32. The highest BCUT2D eigenvalue weighted by molar-refractivity contribution is 8.00. The zero-order valence-corrected chi connectivity index (χ0v) is 18.4. The highest BCUT2D eigenvalue weighted by Crippen LogP contribution is 2.30. The van der Waals surface area contributed by atoms with Gasteiger partial charge in [0.2, 0.25) is 11.0 Å². The fourth-order valence-corrected chi connectivity index (χ4v) is 5.43. The molecule has 0 atom stereocenters. The predicted octanol–water partition coefficient (Wildman–Crippen LogP) is 4.52. The van der Waals surface area contributed by atoms with Crippen LogP contribution in [0.1, 0.15) is 5.56 Å². The minimum Gasteiger partial charge on any atom is -0.289 e. The number of nitrogens with zero attached hydrogens (tertiary/aromatic N) is 4. The number of aromatic nitrogens is 3. The Morgan fingerprint density at radius 1 is 1.14 bits per heavy atom. The first-order valence-corrected chi connectivity index (χ1v) is 11.6. The number of hydrogen-bond donors (Lipinski definition) is 0. The van der Waals surface area contributed by atoms with Gasteiger partial charge in [-0.05, 0) is 29.8 Å². The Labute approximate surface area is 183 Å². The van der Waals surface area contributed by atoms with Crippen LogP contribution >= 0.6 is 46.0 Å². The third-order valence-corrected chi connectivity index (χ3v) is 7.62. The lowest BCUT2D eigenvalue weighted by Crippen LogP contribution is -2.32. The number of halogens is 1. The molecule has 0 saturated carbocycles. The molecule has 4 aromatic rings. The summed E-state index contributed by atoms with van der Waals surface area (Å²) < 4.78 is 3.13. The van der Waals surface area contributed by atoms with Gasteiger partial charge in [-0.3, -0.25) is 19.1 Å². The summed E-state index contributed by atoms with van der Waals surface area (Å²) in [6.07, 6.45) is 0. The average molecular weight is 463 g/mol. The maximum atomic E-state index is 12.7. The second-order valence-corrected chi connectivity index (χ2v) is 9.75. The van der Waals surface area contributed by atoms with Crippen LogP contribution in [-0.4, -0.2) is 27.7 Å². The summed E-state index contributed by atoms with van der Waals surface area (Å²) in [5.74, 6) is 0.515. The molecule has 0 unspecified atom stereocenters. The van der Waals surface area contributed by atoms with Gasteiger partial charge in [0, 0.05) is 17.8 Å². The molecule has 2 aromatic carbocycles. The second kappa shape index (κ2) is 8.66. The predicted molar refractivity (Wildman–Crippen MR) is 120 cm³/mol. The van der Waals surface area contributed by atoms with Crippen molar-refractivity contribution in [3.8, 4) is 0 Å². The van der Waals surface area contributed by atoms with Crippen LogP contribution < -0.4 is 9.77 Å². The number of carbonyl (C=O) groups is 1. The first-order chi connectivity index (χ1) is 14.0. The Morgan fingerprint density at radius 3 is 2.69 bits per heavy atom. The van der Waals surface area contributed by atoms with E-state index in [1.165, 1.54) is 20.8 Å². The van der Waals surface area contributed by atoms with Crippen molar-refractivity contribution >= 4 is 67.3 Å². The topological polar surface area (TPSA) is 68.1 Å². The number of fused-ring (bicyclic) bond motifs is 1. The van der Waals surface area contributed by atoms with Crippen molar-refractivity contribution in [3.05, 3.63) is 68.8 Å². The smallest absolute Gasteiger partial charge is 0.289 e. The molecule has 10 heteroatoms. The summed E-state index contributed by atoms with van der Waals surface area (Å²) in [6.45, 7) is -0.0355. The van der Waals surface area contributed by atoms with Crippen LogP contribution in [0.5, 0.6) is 0 Å². The third-order valence-electron chi connectivity index (χ3n) is 4.20. The summed E-state index contributed by atoms with van der Waals surface area (Å²) >= 11 is 9.94. The van der Waals surface area contributed by atoms with Gasteiger partial charge < -0.3 is 0 Å². The quantitative estimate of drug-likeness (QED) is 0.311. The van der Waals surface area contributed by atoms with E-state index in [2.05, 4.69) is 10.2 Å². The lowest BCUT2D eigenvalue weighted by molar-refractivity contribution is -0.118. The molecule has 0 fully saturated rings. The molecule has 1 amide bonds. The van der Waals surface area contributed by atoms with Gasteiger partial charge in [0.15, 0.2) is 4.34 Å². The minimum atomic E-state index is -0.221. The SMILES string of the molecule is CN(C(=O)Cn1c(=O)sc2ccccc21)c1nnc(SCc2ccc(Cl)cc2)s1. The first-order valence-electron chi connectivity index (χ1n) is 8.57. The van der Waals surface area contributed by atoms with Crippen LogP contribution in [0.4, 0.5) is 5.13 Å². The summed E-state index contributed by atoms with van der Waals surface area (Å²) in [7, 11) is 1.65. The largest absolute Gasteiger partial charge is 0.308 e. The van der Waals surface area contributed by atoms with Crippen LogP contribution in [0.3, 0.4) is 0 Å². The molecule has 0 aliphatic rings. The third kappa shape index (κ3) is 4.53. The van der Waals surface area contributed by atoms with Crippen molar-refractivity contribution < 1.29 is 4.79 Å². The molecule has 2 heterocycles. The maximum absolute atomic E-state index is 12.7. The number of amides is 1. The van der Waals surface area contributed by atoms with Gasteiger partial charge >= 0.3 is 4.87 Å². The number of thioether (sulfide) groups is 1. The van der Waals surface area contributed by atoms with E-state index in [9.17, 15) is 9.59 Å². The molecule has 2 aromatic heterocycles. The first kappa shape index (κ1) is 20.1. The lowest BCUT2D eigenvalue weighted by Gasteiger charge is -2.13. The maximum Gasteiger partial charge on any atom is 0.308 e. The Morgan fingerprint density at radius 2 is 1.90 bits per heavy atom. The van der Waals surface area contributed by atoms with Crippen molar-refractivity contribution in [2.24, 2.45) is 0 Å². The van der Waals surface area contributed by atoms with E-state index in [1.54, 1.807) is 18.8 Å². The van der Waals surface area contributed by atoms with E-state index in [0.29, 0.717) is 10.2 Å². The zero-order chi connectivity index (χ0) is 20.4. The molecule has 0 aliphatic heterocycles. The fourth-order valence-electron chi connectivity index (χ4n) is 2.63. The highest BCUT2D eigenvalue weighted by atomic mass is 35.5. The normalized spacial score (nSPS) is 11.1. The molecule has 0 bridgehead atoms. The van der Waals surface area contributed by atoms with Gasteiger partial charge in [-0.2, -0.15) is 0 Å². The molecule has 0 aliphatic carbocycles. The number of hydrogen-bond acceptors (Lipinski definition) is 7. The minimum absolute atomic E-state index is 0.0355. The Balaban J connectivity index is 1.43. The lowest BCUT2D eigenvalue weighted by atomic mass is 10.2. The van der Waals surface area contributed by atoms with Crippen molar-refractivity contribution in [2.75, 3.05) is 11.9 Å². The molecular weight excluding hydrogens is 448 g/mol. The Bertz CT molecular complexity index is 1220. The van der Waals surface area contributed by atoms with Crippen LogP contribution in [0, 0.1) is 0 Å². The van der Waals surface area contributed by atoms with Gasteiger partial charge in [-0.1, -0.05) is 70.3 Å². The molecule has 6 nitrogen and oxygen atoms in total. The number of thiazole rings is 1. The van der Waals surface area contributed by atoms with Crippen molar-refractivity contribution in [1.82, 2.24) is 14.8 Å². The van der Waals surface area contributed by atoms with E-state index in [1.807, 2.05) is 48.5 Å². The highest BCUT2D eigenvalue weighted by Gasteiger charge is 2.19. The van der Waals surface area contributed by atoms with Crippen LogP contribution in [0.2, 0.25) is 5.02 Å². The molecular formula is C19H15ClN4O2S3. The number of rotatable bonds is 6. The van der Waals surface area contributed by atoms with Gasteiger partial charge in [0.25, 0.3) is 0 Å². The molecule has 4 rings (SSSR count). The second-order valence-electron chi connectivity index (χ2n) is 6.14. The molecule has 0 N–H and O–H groups in total. The van der Waals surface area contributed by atoms with Crippen LogP contribution in [0.15, 0.2) is 57.7 Å². The number of carbonyl (C=O) groups excluding carboxylic acids is 1. The molecule has 29 heavy (non-hydrogen) atoms. The van der Waals surface area contributed by atoms with Crippen molar-refractivity contribution in [3.63, 3.8) is 0 Å².